The maximum Gasteiger partial charge on any atom is 0.305 e. The second-order valence-electron chi connectivity index (χ2n) is 10.1. The number of hydrogen-bond donors (Lipinski definition) is 1. The number of nitrogens with one attached hydrogen (secondary N) is 1. The highest BCUT2D eigenvalue weighted by Gasteiger charge is 2.48. The second-order valence-corrected chi connectivity index (χ2v) is 10.1. The lowest BCUT2D eigenvalue weighted by atomic mass is 9.69. The Balaban J connectivity index is 1.41. The molecule has 5 heteroatoms. The number of benzene rings is 1. The number of methoxy groups -OCH3 is 1. The topological polar surface area (TPSA) is 48.6 Å². The highest BCUT2D eigenvalue weighted by atomic mass is 16.5. The SMILES string of the molecule is COC(=O)CCC[C@@H]1[C@H]2CCCN3CCC[C@H](CN1Cc1c[nH]c4ccc(C)cc14)[C@@H]23. The minimum atomic E-state index is -0.0738. The summed E-state index contributed by atoms with van der Waals surface area (Å²) in [7, 11) is 1.50. The van der Waals surface area contributed by atoms with Crippen molar-refractivity contribution < 1.29 is 9.53 Å². The van der Waals surface area contributed by atoms with Crippen molar-refractivity contribution >= 4 is 16.9 Å². The van der Waals surface area contributed by atoms with Crippen molar-refractivity contribution in [1.82, 2.24) is 14.8 Å². The average molecular weight is 424 g/mol. The number of fused-ring (bicyclic) bond motifs is 1. The number of nitrogens with zero attached hydrogens (tertiary/aromatic N) is 2. The Kier molecular flexibility index (Phi) is 6.07. The molecule has 0 saturated carbocycles. The van der Waals surface area contributed by atoms with Crippen LogP contribution in [0.25, 0.3) is 10.9 Å². The first-order valence-corrected chi connectivity index (χ1v) is 12.3. The molecule has 4 atom stereocenters. The largest absolute Gasteiger partial charge is 0.469 e. The highest BCUT2D eigenvalue weighted by Crippen LogP contribution is 2.44. The first-order chi connectivity index (χ1) is 15.1. The zero-order chi connectivity index (χ0) is 21.4. The van der Waals surface area contributed by atoms with Gasteiger partial charge >= 0.3 is 5.97 Å². The van der Waals surface area contributed by atoms with E-state index in [0.717, 1.165) is 37.3 Å². The van der Waals surface area contributed by atoms with Crippen LogP contribution in [0, 0.1) is 18.8 Å². The molecule has 3 fully saturated rings. The molecule has 0 spiro atoms. The number of rotatable bonds is 6. The molecule has 0 radical (unpaired) electrons. The molecule has 31 heavy (non-hydrogen) atoms. The molecule has 1 aromatic carbocycles. The molecule has 0 amide bonds. The van der Waals surface area contributed by atoms with Crippen LogP contribution in [0.15, 0.2) is 24.4 Å². The van der Waals surface area contributed by atoms with Crippen LogP contribution in [0.3, 0.4) is 0 Å². The molecule has 4 heterocycles. The smallest absolute Gasteiger partial charge is 0.305 e. The van der Waals surface area contributed by atoms with E-state index in [1.807, 2.05) is 0 Å². The van der Waals surface area contributed by atoms with E-state index in [-0.39, 0.29) is 5.97 Å². The predicted molar refractivity (Wildman–Crippen MR) is 124 cm³/mol. The molecule has 1 N–H and O–H groups in total. The zero-order valence-corrected chi connectivity index (χ0v) is 19.1. The maximum atomic E-state index is 11.8. The van der Waals surface area contributed by atoms with E-state index in [1.165, 1.54) is 74.5 Å². The number of aromatic nitrogens is 1. The van der Waals surface area contributed by atoms with Crippen LogP contribution in [-0.4, -0.2) is 59.6 Å². The standard InChI is InChI=1S/C26H37N3O2/c1-18-10-11-23-22(14-18)20(15-27-23)17-29-16-19-6-4-12-28-13-5-7-21(26(19)28)24(29)8-3-9-25(30)31-2/h10-11,14-15,19,21,24,26-27H,3-9,12-13,16-17H2,1-2H3/t19-,21-,24-,26+/m1/s1. The summed E-state index contributed by atoms with van der Waals surface area (Å²) in [5, 5.41) is 1.37. The van der Waals surface area contributed by atoms with Crippen LogP contribution in [0.4, 0.5) is 0 Å². The number of likely N-dealkylation sites (tertiary alicyclic amines) is 1. The summed E-state index contributed by atoms with van der Waals surface area (Å²) in [5.41, 5.74) is 3.97. The lowest BCUT2D eigenvalue weighted by Gasteiger charge is -2.57. The molecule has 0 bridgehead atoms. The van der Waals surface area contributed by atoms with Crippen molar-refractivity contribution in [3.63, 3.8) is 0 Å². The summed E-state index contributed by atoms with van der Waals surface area (Å²) in [6, 6.07) is 8.02. The Morgan fingerprint density at radius 1 is 1.23 bits per heavy atom. The molecule has 5 nitrogen and oxygen atoms in total. The van der Waals surface area contributed by atoms with Crippen LogP contribution in [-0.2, 0) is 16.1 Å². The summed E-state index contributed by atoms with van der Waals surface area (Å²) in [6.45, 7) is 6.95. The van der Waals surface area contributed by atoms with Crippen LogP contribution in [0.1, 0.15) is 56.1 Å². The fourth-order valence-corrected chi connectivity index (χ4v) is 6.86. The number of aromatic amines is 1. The van der Waals surface area contributed by atoms with Gasteiger partial charge < -0.3 is 9.72 Å². The number of esters is 1. The van der Waals surface area contributed by atoms with Gasteiger partial charge in [0.05, 0.1) is 7.11 Å². The number of hydrogen-bond acceptors (Lipinski definition) is 4. The number of H-pyrrole nitrogens is 1. The van der Waals surface area contributed by atoms with E-state index in [1.54, 1.807) is 0 Å². The maximum absolute atomic E-state index is 11.8. The van der Waals surface area contributed by atoms with Gasteiger partial charge in [0.2, 0.25) is 0 Å². The molecule has 0 aliphatic carbocycles. The molecule has 3 aliphatic rings. The monoisotopic (exact) mass is 423 g/mol. The predicted octanol–water partition coefficient (Wildman–Crippen LogP) is 4.49. The number of aryl methyl sites for hydroxylation is 1. The Labute approximate surface area is 186 Å². The van der Waals surface area contributed by atoms with Gasteiger partial charge in [-0.3, -0.25) is 14.6 Å². The van der Waals surface area contributed by atoms with Gasteiger partial charge in [-0.15, -0.1) is 0 Å². The van der Waals surface area contributed by atoms with Crippen LogP contribution >= 0.6 is 0 Å². The molecule has 3 saturated heterocycles. The Bertz CT molecular complexity index is 921. The van der Waals surface area contributed by atoms with Gasteiger partial charge in [0.1, 0.15) is 0 Å². The lowest BCUT2D eigenvalue weighted by Crippen LogP contribution is -2.64. The van der Waals surface area contributed by atoms with E-state index < -0.39 is 0 Å². The Morgan fingerprint density at radius 3 is 2.90 bits per heavy atom. The van der Waals surface area contributed by atoms with Crippen LogP contribution in [0.5, 0.6) is 0 Å². The van der Waals surface area contributed by atoms with Gasteiger partial charge in [-0.1, -0.05) is 11.6 Å². The normalized spacial score (nSPS) is 29.1. The first-order valence-electron chi connectivity index (χ1n) is 12.3. The second kappa shape index (κ2) is 8.95. The van der Waals surface area contributed by atoms with Crippen molar-refractivity contribution in [2.24, 2.45) is 11.8 Å². The number of carbonyl (C=O) groups excluding carboxylic acids is 1. The fraction of sp³-hybridized carbons (Fsp3) is 0.654. The van der Waals surface area contributed by atoms with E-state index in [0.29, 0.717) is 12.5 Å². The molecule has 2 aromatic rings. The average Bonchev–Trinajstić information content (AvgIpc) is 3.17. The summed E-state index contributed by atoms with van der Waals surface area (Å²) in [6.07, 6.45) is 10.2. The van der Waals surface area contributed by atoms with Crippen molar-refractivity contribution in [2.45, 2.75) is 70.5 Å². The summed E-state index contributed by atoms with van der Waals surface area (Å²) >= 11 is 0. The molecular weight excluding hydrogens is 386 g/mol. The van der Waals surface area contributed by atoms with Crippen LogP contribution in [0.2, 0.25) is 0 Å². The van der Waals surface area contributed by atoms with Gasteiger partial charge in [0.25, 0.3) is 0 Å². The third-order valence-electron chi connectivity index (χ3n) is 8.18. The third-order valence-corrected chi connectivity index (χ3v) is 8.18. The quantitative estimate of drug-likeness (QED) is 0.696. The van der Waals surface area contributed by atoms with Crippen molar-refractivity contribution in [1.29, 1.82) is 0 Å². The van der Waals surface area contributed by atoms with Gasteiger partial charge in [-0.25, -0.2) is 0 Å². The molecule has 5 rings (SSSR count). The Hall–Kier alpha value is -1.85. The fourth-order valence-electron chi connectivity index (χ4n) is 6.86. The molecule has 168 valence electrons. The number of carbonyl (C=O) groups is 1. The lowest BCUT2D eigenvalue weighted by molar-refractivity contribution is -0.141. The van der Waals surface area contributed by atoms with Crippen molar-refractivity contribution in [3.05, 3.63) is 35.5 Å². The summed E-state index contributed by atoms with van der Waals surface area (Å²) in [5.74, 6) is 1.45. The number of piperidine rings is 3. The minimum absolute atomic E-state index is 0.0738. The molecule has 3 aliphatic heterocycles. The first kappa shape index (κ1) is 21.0. The molecule has 0 unspecified atom stereocenters. The molecular formula is C26H37N3O2. The summed E-state index contributed by atoms with van der Waals surface area (Å²) in [4.78, 5) is 20.8. The van der Waals surface area contributed by atoms with Gasteiger partial charge in [-0.05, 0) is 88.1 Å². The Morgan fingerprint density at radius 2 is 2.06 bits per heavy atom. The van der Waals surface area contributed by atoms with Crippen molar-refractivity contribution in [3.8, 4) is 0 Å². The molecule has 1 aromatic heterocycles. The van der Waals surface area contributed by atoms with E-state index >= 15 is 0 Å². The summed E-state index contributed by atoms with van der Waals surface area (Å²) < 4.78 is 4.91. The van der Waals surface area contributed by atoms with E-state index in [2.05, 4.69) is 46.1 Å². The highest BCUT2D eigenvalue weighted by molar-refractivity contribution is 5.83. The van der Waals surface area contributed by atoms with Gasteiger partial charge in [0.15, 0.2) is 0 Å². The van der Waals surface area contributed by atoms with E-state index in [9.17, 15) is 4.79 Å². The number of ether oxygens (including phenoxy) is 1. The zero-order valence-electron chi connectivity index (χ0n) is 19.1. The third kappa shape index (κ3) is 4.14. The van der Waals surface area contributed by atoms with Crippen molar-refractivity contribution in [2.75, 3.05) is 26.7 Å². The van der Waals surface area contributed by atoms with E-state index in [4.69, 9.17) is 4.74 Å². The van der Waals surface area contributed by atoms with Crippen LogP contribution < -0.4 is 0 Å². The van der Waals surface area contributed by atoms with Gasteiger partial charge in [0, 0.05) is 48.7 Å². The minimum Gasteiger partial charge on any atom is -0.469 e. The van der Waals surface area contributed by atoms with Gasteiger partial charge in [-0.2, -0.15) is 0 Å².